The second-order valence-electron chi connectivity index (χ2n) is 4.05. The molecule has 9 heteroatoms. The van der Waals surface area contributed by atoms with Crippen molar-refractivity contribution in [2.24, 2.45) is 7.05 Å². The molecule has 0 radical (unpaired) electrons. The first-order chi connectivity index (χ1) is 8.73. The number of fused-ring (bicyclic) bond motifs is 1. The summed E-state index contributed by atoms with van der Waals surface area (Å²) < 4.78 is 31.0. The largest absolute Gasteiger partial charge is 0.505 e. The molecule has 0 bridgehead atoms. The number of sulfonamides is 1. The zero-order chi connectivity index (χ0) is 14.5. The zero-order valence-corrected chi connectivity index (χ0v) is 11.6. The van der Waals surface area contributed by atoms with E-state index in [1.165, 1.54) is 14.1 Å². The molecule has 0 aromatic carbocycles. The SMILES string of the molecule is COC(=O)C1=C(O)c2c(C)nn(C)c2S(=O)(=O)N1C. The number of hydrogen-bond acceptors (Lipinski definition) is 6. The average Bonchev–Trinajstić information content (AvgIpc) is 2.63. The molecule has 0 atom stereocenters. The van der Waals surface area contributed by atoms with Crippen molar-refractivity contribution in [1.29, 1.82) is 0 Å². The van der Waals surface area contributed by atoms with Crippen LogP contribution in [0.4, 0.5) is 0 Å². The van der Waals surface area contributed by atoms with Gasteiger partial charge in [-0.05, 0) is 6.92 Å². The van der Waals surface area contributed by atoms with Gasteiger partial charge in [0.05, 0.1) is 18.4 Å². The summed E-state index contributed by atoms with van der Waals surface area (Å²) in [4.78, 5) is 11.6. The van der Waals surface area contributed by atoms with Gasteiger partial charge in [0, 0.05) is 14.1 Å². The summed E-state index contributed by atoms with van der Waals surface area (Å²) in [6, 6.07) is 0. The van der Waals surface area contributed by atoms with Gasteiger partial charge < -0.3 is 9.84 Å². The van der Waals surface area contributed by atoms with Crippen LogP contribution in [-0.2, 0) is 26.6 Å². The predicted octanol–water partition coefficient (Wildman–Crippen LogP) is -0.238. The quantitative estimate of drug-likeness (QED) is 0.715. The van der Waals surface area contributed by atoms with Crippen molar-refractivity contribution in [1.82, 2.24) is 14.1 Å². The molecule has 19 heavy (non-hydrogen) atoms. The third-order valence-corrected chi connectivity index (χ3v) is 4.79. The lowest BCUT2D eigenvalue weighted by Gasteiger charge is -2.26. The van der Waals surface area contributed by atoms with E-state index in [-0.39, 0.29) is 10.6 Å². The van der Waals surface area contributed by atoms with E-state index < -0.39 is 27.4 Å². The number of hydrogen-bond donors (Lipinski definition) is 1. The second-order valence-corrected chi connectivity index (χ2v) is 5.94. The molecule has 0 amide bonds. The number of rotatable bonds is 1. The van der Waals surface area contributed by atoms with Gasteiger partial charge in [-0.15, -0.1) is 0 Å². The lowest BCUT2D eigenvalue weighted by molar-refractivity contribution is -0.137. The monoisotopic (exact) mass is 287 g/mol. The summed E-state index contributed by atoms with van der Waals surface area (Å²) in [5, 5.41) is 13.9. The molecular weight excluding hydrogens is 274 g/mol. The van der Waals surface area contributed by atoms with Gasteiger partial charge in [0.25, 0.3) is 10.0 Å². The van der Waals surface area contributed by atoms with Gasteiger partial charge in [-0.25, -0.2) is 4.79 Å². The van der Waals surface area contributed by atoms with Crippen LogP contribution in [0.5, 0.6) is 0 Å². The van der Waals surface area contributed by atoms with Crippen LogP contribution in [0, 0.1) is 6.92 Å². The maximum atomic E-state index is 12.3. The number of aliphatic hydroxyl groups is 1. The fraction of sp³-hybridized carbons (Fsp3) is 0.400. The molecule has 0 aliphatic carbocycles. The van der Waals surface area contributed by atoms with Gasteiger partial charge in [-0.1, -0.05) is 0 Å². The van der Waals surface area contributed by atoms with E-state index in [1.54, 1.807) is 6.92 Å². The molecule has 1 aromatic rings. The first-order valence-corrected chi connectivity index (χ1v) is 6.72. The molecule has 0 fully saturated rings. The van der Waals surface area contributed by atoms with Crippen LogP contribution < -0.4 is 0 Å². The fourth-order valence-corrected chi connectivity index (χ4v) is 3.58. The number of ether oxygens (including phenoxy) is 1. The molecular formula is C10H13N3O5S. The molecule has 2 heterocycles. The summed E-state index contributed by atoms with van der Waals surface area (Å²) in [6.45, 7) is 1.55. The minimum absolute atomic E-state index is 0.0287. The maximum absolute atomic E-state index is 12.3. The number of methoxy groups -OCH3 is 1. The van der Waals surface area contributed by atoms with Gasteiger partial charge in [-0.3, -0.25) is 8.99 Å². The molecule has 8 nitrogen and oxygen atoms in total. The number of aliphatic hydroxyl groups excluding tert-OH is 1. The number of esters is 1. The minimum Gasteiger partial charge on any atom is -0.505 e. The van der Waals surface area contributed by atoms with E-state index >= 15 is 0 Å². The van der Waals surface area contributed by atoms with Crippen molar-refractivity contribution >= 4 is 21.8 Å². The van der Waals surface area contributed by atoms with Crippen molar-refractivity contribution in [2.75, 3.05) is 14.2 Å². The Kier molecular flexibility index (Phi) is 2.81. The molecule has 0 saturated carbocycles. The number of nitrogens with zero attached hydrogens (tertiary/aromatic N) is 3. The highest BCUT2D eigenvalue weighted by molar-refractivity contribution is 7.89. The highest BCUT2D eigenvalue weighted by atomic mass is 32.2. The molecule has 1 aromatic heterocycles. The Bertz CT molecular complexity index is 701. The van der Waals surface area contributed by atoms with Crippen molar-refractivity contribution < 1.29 is 23.1 Å². The van der Waals surface area contributed by atoms with Crippen molar-refractivity contribution in [3.8, 4) is 0 Å². The molecule has 2 rings (SSSR count). The molecule has 0 saturated heterocycles. The van der Waals surface area contributed by atoms with Crippen molar-refractivity contribution in [3.05, 3.63) is 17.0 Å². The Morgan fingerprint density at radius 1 is 1.37 bits per heavy atom. The van der Waals surface area contributed by atoms with E-state index in [0.29, 0.717) is 10.00 Å². The number of carbonyl (C=O) groups is 1. The lowest BCUT2D eigenvalue weighted by Crippen LogP contribution is -2.36. The first-order valence-electron chi connectivity index (χ1n) is 5.28. The van der Waals surface area contributed by atoms with Crippen LogP contribution in [0.25, 0.3) is 5.76 Å². The van der Waals surface area contributed by atoms with Crippen molar-refractivity contribution in [2.45, 2.75) is 11.9 Å². The summed E-state index contributed by atoms with van der Waals surface area (Å²) >= 11 is 0. The summed E-state index contributed by atoms with van der Waals surface area (Å²) in [6.07, 6.45) is 0. The molecule has 1 aliphatic rings. The maximum Gasteiger partial charge on any atom is 0.359 e. The number of likely N-dealkylation sites (N-methyl/N-ethyl adjacent to an activating group) is 1. The Balaban J connectivity index is 2.90. The van der Waals surface area contributed by atoms with Gasteiger partial charge in [-0.2, -0.15) is 13.5 Å². The summed E-state index contributed by atoms with van der Waals surface area (Å²) in [7, 11) is -0.225. The molecule has 104 valence electrons. The van der Waals surface area contributed by atoms with Gasteiger partial charge in [0.1, 0.15) is 0 Å². The molecule has 1 N–H and O–H groups in total. The van der Waals surface area contributed by atoms with E-state index in [9.17, 15) is 18.3 Å². The highest BCUT2D eigenvalue weighted by Crippen LogP contribution is 2.36. The van der Waals surface area contributed by atoms with Crippen LogP contribution in [0.1, 0.15) is 11.3 Å². The fourth-order valence-electron chi connectivity index (χ4n) is 2.04. The van der Waals surface area contributed by atoms with Gasteiger partial charge in [0.15, 0.2) is 16.5 Å². The Hall–Kier alpha value is -2.03. The average molecular weight is 287 g/mol. The van der Waals surface area contributed by atoms with Crippen LogP contribution in [0.15, 0.2) is 10.7 Å². The van der Waals surface area contributed by atoms with E-state index in [1.807, 2.05) is 0 Å². The third-order valence-electron chi connectivity index (χ3n) is 2.93. The van der Waals surface area contributed by atoms with Crippen LogP contribution in [-0.4, -0.2) is 47.7 Å². The Labute approximate surface area is 109 Å². The topological polar surface area (TPSA) is 102 Å². The van der Waals surface area contributed by atoms with E-state index in [0.717, 1.165) is 11.8 Å². The molecule has 1 aliphatic heterocycles. The number of aromatic nitrogens is 2. The Morgan fingerprint density at radius 2 is 1.95 bits per heavy atom. The van der Waals surface area contributed by atoms with Gasteiger partial charge in [0.2, 0.25) is 0 Å². The smallest absolute Gasteiger partial charge is 0.359 e. The van der Waals surface area contributed by atoms with E-state index in [4.69, 9.17) is 0 Å². The van der Waals surface area contributed by atoms with Crippen LogP contribution in [0.3, 0.4) is 0 Å². The summed E-state index contributed by atoms with van der Waals surface area (Å²) in [5.41, 5.74) is -0.0832. The van der Waals surface area contributed by atoms with Crippen LogP contribution in [0.2, 0.25) is 0 Å². The standard InChI is InChI=1S/C10H13N3O5S/c1-5-6-8(14)7(10(15)18-4)13(3)19(16,17)9(6)12(2)11-5/h14H,1-4H3. The van der Waals surface area contributed by atoms with Gasteiger partial charge >= 0.3 is 5.97 Å². The lowest BCUT2D eigenvalue weighted by atomic mass is 10.2. The first kappa shape index (κ1) is 13.4. The molecule has 0 unspecified atom stereocenters. The second kappa shape index (κ2) is 3.98. The third kappa shape index (κ3) is 1.61. The van der Waals surface area contributed by atoms with Crippen molar-refractivity contribution in [3.63, 3.8) is 0 Å². The minimum atomic E-state index is -3.95. The zero-order valence-electron chi connectivity index (χ0n) is 10.8. The molecule has 0 spiro atoms. The number of aryl methyl sites for hydroxylation is 2. The summed E-state index contributed by atoms with van der Waals surface area (Å²) in [5.74, 6) is -1.39. The van der Waals surface area contributed by atoms with Crippen LogP contribution >= 0.6 is 0 Å². The normalized spacial score (nSPS) is 17.4. The number of carbonyl (C=O) groups excluding carboxylic acids is 1. The van der Waals surface area contributed by atoms with E-state index in [2.05, 4.69) is 9.84 Å². The highest BCUT2D eigenvalue weighted by Gasteiger charge is 2.42. The predicted molar refractivity (Wildman–Crippen MR) is 64.5 cm³/mol. The Morgan fingerprint density at radius 3 is 2.47 bits per heavy atom.